The number of carboxylic acids is 1. The molecule has 0 saturated carbocycles. The number of rotatable bonds is 11. The Morgan fingerprint density at radius 3 is 2.60 bits per heavy atom. The normalized spacial score (nSPS) is 35.8. The van der Waals surface area contributed by atoms with Crippen LogP contribution in [0.25, 0.3) is 0 Å². The number of aliphatic hydroxyl groups excluding tert-OH is 2. The van der Waals surface area contributed by atoms with E-state index in [1.165, 1.54) is 6.08 Å². The van der Waals surface area contributed by atoms with Gasteiger partial charge in [0.25, 0.3) is 5.91 Å². The molecule has 3 aliphatic heterocycles. The highest BCUT2D eigenvalue weighted by Crippen LogP contribution is 2.42. The molecule has 0 unspecified atom stereocenters. The lowest BCUT2D eigenvalue weighted by molar-refractivity contribution is -0.303. The minimum Gasteiger partial charge on any atom is -0.478 e. The lowest BCUT2D eigenvalue weighted by Gasteiger charge is -2.50. The number of carbonyl (C=O) groups is 2. The molecule has 5 N–H and O–H groups in total. The summed E-state index contributed by atoms with van der Waals surface area (Å²) in [6, 6.07) is 0. The highest BCUT2D eigenvalue weighted by molar-refractivity contribution is 5.82. The van der Waals surface area contributed by atoms with Gasteiger partial charge in [-0.1, -0.05) is 51.2 Å². The van der Waals surface area contributed by atoms with Crippen LogP contribution in [-0.2, 0) is 28.5 Å². The summed E-state index contributed by atoms with van der Waals surface area (Å²) in [4.78, 5) is 23.5. The fraction of sp³-hybridized carbons (Fsp3) is 0.724. The van der Waals surface area contributed by atoms with Crippen molar-refractivity contribution in [1.82, 2.24) is 5.32 Å². The summed E-state index contributed by atoms with van der Waals surface area (Å²) in [5.41, 5.74) is 0.355. The molecule has 9 atom stereocenters. The molecular formula is C29H45NO10. The van der Waals surface area contributed by atoms with E-state index in [1.807, 2.05) is 26.8 Å². The summed E-state index contributed by atoms with van der Waals surface area (Å²) in [5.74, 6) is -4.00. The van der Waals surface area contributed by atoms with Crippen molar-refractivity contribution in [3.63, 3.8) is 0 Å². The number of hydrogen-bond acceptors (Lipinski definition) is 9. The van der Waals surface area contributed by atoms with Gasteiger partial charge in [-0.2, -0.15) is 0 Å². The van der Waals surface area contributed by atoms with E-state index < -0.39 is 48.3 Å². The van der Waals surface area contributed by atoms with Crippen molar-refractivity contribution >= 4 is 11.9 Å². The van der Waals surface area contributed by atoms with E-state index in [4.69, 9.17) is 24.1 Å². The zero-order chi connectivity index (χ0) is 29.7. The quantitative estimate of drug-likeness (QED) is 0.108. The molecule has 0 spiro atoms. The van der Waals surface area contributed by atoms with Gasteiger partial charge in [0.2, 0.25) is 5.79 Å². The molecule has 40 heavy (non-hydrogen) atoms. The number of aliphatic hydroxyl groups is 3. The lowest BCUT2D eigenvalue weighted by atomic mass is 9.75. The highest BCUT2D eigenvalue weighted by atomic mass is 16.7. The maximum Gasteiger partial charge on any atom is 0.328 e. The first-order valence-electron chi connectivity index (χ1n) is 13.9. The number of fused-ring (bicyclic) bond motifs is 1. The van der Waals surface area contributed by atoms with Crippen molar-refractivity contribution in [2.75, 3.05) is 6.79 Å². The summed E-state index contributed by atoms with van der Waals surface area (Å²) in [5, 5.41) is 43.7. The van der Waals surface area contributed by atoms with Crippen LogP contribution in [-0.4, -0.2) is 87.7 Å². The average molecular weight is 568 g/mol. The van der Waals surface area contributed by atoms with Crippen molar-refractivity contribution in [2.45, 2.75) is 115 Å². The predicted octanol–water partition coefficient (Wildman–Crippen LogP) is 2.15. The predicted molar refractivity (Wildman–Crippen MR) is 145 cm³/mol. The van der Waals surface area contributed by atoms with Gasteiger partial charge < -0.3 is 44.7 Å². The van der Waals surface area contributed by atoms with E-state index in [0.717, 1.165) is 12.5 Å². The number of carbonyl (C=O) groups excluding carboxylic acids is 1. The van der Waals surface area contributed by atoms with Crippen LogP contribution in [0.4, 0.5) is 0 Å². The van der Waals surface area contributed by atoms with Gasteiger partial charge in [-0.15, -0.1) is 0 Å². The molecule has 3 heterocycles. The number of unbranched alkanes of at least 4 members (excludes halogenated alkanes) is 1. The van der Waals surface area contributed by atoms with Gasteiger partial charge in [0.05, 0.1) is 24.4 Å². The Bertz CT molecular complexity index is 964. The van der Waals surface area contributed by atoms with Gasteiger partial charge in [0, 0.05) is 24.8 Å². The van der Waals surface area contributed by atoms with E-state index in [1.54, 1.807) is 13.0 Å². The average Bonchev–Trinajstić information content (AvgIpc) is 2.86. The van der Waals surface area contributed by atoms with Crippen LogP contribution >= 0.6 is 0 Å². The van der Waals surface area contributed by atoms with Gasteiger partial charge in [0.1, 0.15) is 12.9 Å². The zero-order valence-corrected chi connectivity index (χ0v) is 23.8. The van der Waals surface area contributed by atoms with Gasteiger partial charge in [-0.05, 0) is 38.0 Å². The Labute approximate surface area is 235 Å². The third kappa shape index (κ3) is 8.22. The molecule has 226 valence electrons. The van der Waals surface area contributed by atoms with Crippen LogP contribution in [0.2, 0.25) is 0 Å². The maximum absolute atomic E-state index is 13.0. The minimum atomic E-state index is -2.11. The van der Waals surface area contributed by atoms with E-state index in [2.05, 4.69) is 11.9 Å². The first kappa shape index (κ1) is 32.4. The van der Waals surface area contributed by atoms with Gasteiger partial charge >= 0.3 is 5.97 Å². The van der Waals surface area contributed by atoms with E-state index >= 15 is 0 Å². The molecule has 0 aromatic carbocycles. The number of ether oxygens (including phenoxy) is 4. The molecule has 11 heteroatoms. The molecule has 11 nitrogen and oxygen atoms in total. The number of nitrogens with one attached hydrogen (secondary N) is 1. The molecule has 0 aromatic heterocycles. The summed E-state index contributed by atoms with van der Waals surface area (Å²) in [7, 11) is 0. The maximum atomic E-state index is 13.0. The highest BCUT2D eigenvalue weighted by Gasteiger charge is 2.52. The van der Waals surface area contributed by atoms with Crippen LogP contribution in [0.3, 0.4) is 0 Å². The molecule has 0 bridgehead atoms. The van der Waals surface area contributed by atoms with Gasteiger partial charge in [-0.3, -0.25) is 4.79 Å². The van der Waals surface area contributed by atoms with Crippen LogP contribution < -0.4 is 5.32 Å². The van der Waals surface area contributed by atoms with E-state index in [0.29, 0.717) is 31.3 Å². The van der Waals surface area contributed by atoms with Crippen LogP contribution in [0, 0.1) is 11.3 Å². The largest absolute Gasteiger partial charge is 0.478 e. The second kappa shape index (κ2) is 13.7. The standard InChI is InChI=1S/C29H45NO10/c1-17-14-29(36,40-19(3)18(17)2)25(34)26(35)30-27-24-21(37-16-38-27)15-28(4,5)22(39-24)13-20(31)11-9-7-6-8-10-12-23(32)33/h6,8,10,12,18-22,24-25,27,31,34,36H,1,7,9,11,13-16H2,2-5H3,(H,30,35)(H,32,33)/b8-6+,12-10+/t18-,19-,20-,21-,22-,24+,25-,27+,29-/m1/s1. The summed E-state index contributed by atoms with van der Waals surface area (Å²) >= 11 is 0. The molecule has 3 rings (SSSR count). The van der Waals surface area contributed by atoms with Crippen LogP contribution in [0.5, 0.6) is 0 Å². The Hall–Kier alpha value is -2.12. The number of amides is 1. The van der Waals surface area contributed by atoms with E-state index in [-0.39, 0.29) is 36.8 Å². The zero-order valence-electron chi connectivity index (χ0n) is 23.8. The Balaban J connectivity index is 1.58. The van der Waals surface area contributed by atoms with E-state index in [9.17, 15) is 24.9 Å². The summed E-state index contributed by atoms with van der Waals surface area (Å²) < 4.78 is 23.4. The number of carboxylic acid groups (broad SMARTS) is 1. The third-order valence-electron chi connectivity index (χ3n) is 8.17. The number of aliphatic carboxylic acids is 1. The topological polar surface area (TPSA) is 164 Å². The molecule has 0 radical (unpaired) electrons. The second-order valence-electron chi connectivity index (χ2n) is 11.8. The molecule has 0 aromatic rings. The first-order chi connectivity index (χ1) is 18.7. The van der Waals surface area contributed by atoms with Crippen LogP contribution in [0.1, 0.15) is 66.2 Å². The van der Waals surface area contributed by atoms with Gasteiger partial charge in [0.15, 0.2) is 12.3 Å². The lowest BCUT2D eigenvalue weighted by Crippen LogP contribution is -2.65. The molecule has 1 amide bonds. The van der Waals surface area contributed by atoms with Crippen molar-refractivity contribution in [2.24, 2.45) is 11.3 Å². The smallest absolute Gasteiger partial charge is 0.328 e. The fourth-order valence-corrected chi connectivity index (χ4v) is 5.46. The van der Waals surface area contributed by atoms with Crippen LogP contribution in [0.15, 0.2) is 36.5 Å². The van der Waals surface area contributed by atoms with Gasteiger partial charge in [-0.25, -0.2) is 4.79 Å². The summed E-state index contributed by atoms with van der Waals surface area (Å²) in [6.45, 7) is 11.6. The fourth-order valence-electron chi connectivity index (χ4n) is 5.46. The second-order valence-corrected chi connectivity index (χ2v) is 11.8. The Morgan fingerprint density at radius 1 is 1.20 bits per heavy atom. The third-order valence-corrected chi connectivity index (χ3v) is 8.17. The van der Waals surface area contributed by atoms with Crippen molar-refractivity contribution in [3.8, 4) is 0 Å². The molecule has 0 aliphatic carbocycles. The van der Waals surface area contributed by atoms with Crippen molar-refractivity contribution < 1.29 is 49.0 Å². The molecule has 3 fully saturated rings. The molecule has 3 saturated heterocycles. The number of hydrogen-bond donors (Lipinski definition) is 5. The SMILES string of the molecule is C=C1C[C@](O)([C@H](O)C(=O)N[C@H]2OCO[C@@H]3CC(C)(C)[C@@H](C[C@H](O)CCC/C=C/C=C/C(=O)O)O[C@@H]32)O[C@H](C)[C@@H]1C. The molecule has 3 aliphatic rings. The first-order valence-corrected chi connectivity index (χ1v) is 13.9. The Morgan fingerprint density at radius 2 is 1.93 bits per heavy atom. The summed E-state index contributed by atoms with van der Waals surface area (Å²) in [6.07, 6.45) is 3.58. The monoisotopic (exact) mass is 567 g/mol. The number of allylic oxidation sites excluding steroid dienone is 3. The molecular weight excluding hydrogens is 522 g/mol. The van der Waals surface area contributed by atoms with Crippen molar-refractivity contribution in [3.05, 3.63) is 36.5 Å². The minimum absolute atomic E-state index is 0.0289. The Kier molecular flexibility index (Phi) is 11.1. The van der Waals surface area contributed by atoms with Crippen molar-refractivity contribution in [1.29, 1.82) is 0 Å².